The molecule has 0 aliphatic carbocycles. The predicted octanol–water partition coefficient (Wildman–Crippen LogP) is 1.07. The lowest BCUT2D eigenvalue weighted by atomic mass is 10.1. The van der Waals surface area contributed by atoms with Gasteiger partial charge in [0.05, 0.1) is 29.0 Å². The van der Waals surface area contributed by atoms with Gasteiger partial charge in [0, 0.05) is 17.7 Å². The summed E-state index contributed by atoms with van der Waals surface area (Å²) >= 11 is 0. The maximum atomic E-state index is 12.8. The second-order valence-electron chi connectivity index (χ2n) is 7.20. The van der Waals surface area contributed by atoms with Crippen molar-refractivity contribution in [1.29, 1.82) is 5.41 Å². The van der Waals surface area contributed by atoms with E-state index in [2.05, 4.69) is 0 Å². The minimum absolute atomic E-state index is 0. The number of Topliss-reactive ketones (excluding diaryl/α,β-unsaturated/α-hetero) is 1. The molecule has 4 rings (SSSR count). The van der Waals surface area contributed by atoms with Gasteiger partial charge in [-0.3, -0.25) is 20.3 Å². The van der Waals surface area contributed by atoms with E-state index in [4.69, 9.17) is 5.41 Å². The number of ketones is 1. The van der Waals surface area contributed by atoms with Crippen molar-refractivity contribution < 1.29 is 26.7 Å². The fraction of sp³-hybridized carbons (Fsp3) is 0.130. The van der Waals surface area contributed by atoms with Crippen molar-refractivity contribution in [3.05, 3.63) is 105 Å². The molecule has 31 heavy (non-hydrogen) atoms. The van der Waals surface area contributed by atoms with Crippen LogP contribution in [0.25, 0.3) is 11.0 Å². The topological polar surface area (TPSA) is 93.9 Å². The molecule has 0 fully saturated rings. The summed E-state index contributed by atoms with van der Waals surface area (Å²) in [5, 5.41) is 19.5. The van der Waals surface area contributed by atoms with Crippen LogP contribution in [0, 0.1) is 22.4 Å². The Morgan fingerprint density at radius 3 is 2.10 bits per heavy atom. The minimum Gasteiger partial charge on any atom is -1.00 e. The normalized spacial score (nSPS) is 10.6. The minimum atomic E-state index is -0.496. The predicted molar refractivity (Wildman–Crippen MR) is 113 cm³/mol. The average molecular weight is 480 g/mol. The van der Waals surface area contributed by atoms with E-state index >= 15 is 0 Å². The first-order valence-corrected chi connectivity index (χ1v) is 9.50. The lowest BCUT2D eigenvalue weighted by Gasteiger charge is -2.06. The third kappa shape index (κ3) is 4.49. The molecule has 4 aromatic rings. The molecule has 1 aromatic heterocycles. The Labute approximate surface area is 189 Å². The Bertz CT molecular complexity index is 1310. The molecule has 0 spiro atoms. The molecule has 0 aliphatic heterocycles. The second-order valence-corrected chi connectivity index (χ2v) is 7.20. The molecule has 158 valence electrons. The summed E-state index contributed by atoms with van der Waals surface area (Å²) in [6, 6.07) is 21.3. The zero-order chi connectivity index (χ0) is 21.3. The first-order chi connectivity index (χ1) is 14.4. The van der Waals surface area contributed by atoms with Crippen LogP contribution >= 0.6 is 0 Å². The molecule has 1 N–H and O–H groups in total. The van der Waals surface area contributed by atoms with Crippen LogP contribution in [-0.4, -0.2) is 19.8 Å². The number of imidazole rings is 1. The number of fused-ring (bicyclic) bond motifs is 1. The van der Waals surface area contributed by atoms with Gasteiger partial charge in [0.25, 0.3) is 5.69 Å². The highest BCUT2D eigenvalue weighted by Gasteiger charge is 2.15. The monoisotopic (exact) mass is 479 g/mol. The fourth-order valence-electron chi connectivity index (χ4n) is 3.49. The lowest BCUT2D eigenvalue weighted by molar-refractivity contribution is -0.384. The van der Waals surface area contributed by atoms with Crippen LogP contribution in [0.4, 0.5) is 5.69 Å². The molecule has 0 radical (unpaired) electrons. The smallest absolute Gasteiger partial charge is 0.269 e. The third-order valence-corrected chi connectivity index (χ3v) is 5.14. The van der Waals surface area contributed by atoms with Gasteiger partial charge in [-0.15, -0.1) is 0 Å². The van der Waals surface area contributed by atoms with Crippen LogP contribution in [0.1, 0.15) is 21.5 Å². The van der Waals surface area contributed by atoms with E-state index < -0.39 is 4.92 Å². The van der Waals surface area contributed by atoms with Crippen LogP contribution in [0.2, 0.25) is 0 Å². The van der Waals surface area contributed by atoms with Gasteiger partial charge in [-0.1, -0.05) is 42.0 Å². The highest BCUT2D eigenvalue weighted by atomic mass is 79.9. The Morgan fingerprint density at radius 2 is 1.52 bits per heavy atom. The molecular weight excluding hydrogens is 460 g/mol. The first-order valence-electron chi connectivity index (χ1n) is 9.50. The summed E-state index contributed by atoms with van der Waals surface area (Å²) in [6.45, 7) is 2.54. The quantitative estimate of drug-likeness (QED) is 0.254. The van der Waals surface area contributed by atoms with Gasteiger partial charge in [-0.2, -0.15) is 0 Å². The molecule has 0 aliphatic rings. The SMILES string of the molecule is Cc1ccc(Cn2c(=N)n(CC(=O)c3ccc([N+](=O)[O-])cc3)c3ccccc32)cc1.[Br-]. The zero-order valence-corrected chi connectivity index (χ0v) is 18.4. The average Bonchev–Trinajstić information content (AvgIpc) is 3.01. The Balaban J connectivity index is 0.00000272. The summed E-state index contributed by atoms with van der Waals surface area (Å²) in [7, 11) is 0. The van der Waals surface area contributed by atoms with Crippen molar-refractivity contribution in [2.24, 2.45) is 0 Å². The number of aromatic nitrogens is 2. The zero-order valence-electron chi connectivity index (χ0n) is 16.8. The Hall–Kier alpha value is -3.52. The number of nitro groups is 1. The number of halogens is 1. The van der Waals surface area contributed by atoms with Gasteiger partial charge >= 0.3 is 0 Å². The van der Waals surface area contributed by atoms with Gasteiger partial charge in [-0.05, 0) is 36.8 Å². The standard InChI is InChI=1S/C23H20N4O3.BrH/c1-16-6-8-17(9-7-16)14-25-20-4-2-3-5-21(20)26(23(25)24)15-22(28)18-10-12-19(13-11-18)27(29)30;/h2-13,24H,14-15H2,1H3;1H/p-1. The summed E-state index contributed by atoms with van der Waals surface area (Å²) in [6.07, 6.45) is 0. The molecular formula is C23H20BrN4O3-. The van der Waals surface area contributed by atoms with Gasteiger partial charge in [-0.25, -0.2) is 0 Å². The Kier molecular flexibility index (Phi) is 6.50. The fourth-order valence-corrected chi connectivity index (χ4v) is 3.49. The van der Waals surface area contributed by atoms with Crippen LogP contribution < -0.4 is 22.6 Å². The number of nitro benzene ring substituents is 1. The van der Waals surface area contributed by atoms with Gasteiger partial charge in [0.2, 0.25) is 5.62 Å². The van der Waals surface area contributed by atoms with E-state index in [9.17, 15) is 14.9 Å². The third-order valence-electron chi connectivity index (χ3n) is 5.14. The highest BCUT2D eigenvalue weighted by molar-refractivity contribution is 5.96. The number of hydrogen-bond acceptors (Lipinski definition) is 4. The lowest BCUT2D eigenvalue weighted by Crippen LogP contribution is -3.00. The maximum Gasteiger partial charge on any atom is 0.269 e. The number of rotatable bonds is 6. The number of nitrogens with one attached hydrogen (secondary N) is 1. The second kappa shape index (κ2) is 9.09. The van der Waals surface area contributed by atoms with E-state index in [0.29, 0.717) is 12.1 Å². The van der Waals surface area contributed by atoms with Crippen molar-refractivity contribution in [3.63, 3.8) is 0 Å². The molecule has 0 saturated heterocycles. The van der Waals surface area contributed by atoms with Crippen LogP contribution in [0.15, 0.2) is 72.8 Å². The molecule has 0 unspecified atom stereocenters. The van der Waals surface area contributed by atoms with Gasteiger partial charge in [0.1, 0.15) is 0 Å². The Morgan fingerprint density at radius 1 is 0.935 bits per heavy atom. The molecule has 3 aromatic carbocycles. The maximum absolute atomic E-state index is 12.8. The molecule has 0 bridgehead atoms. The number of benzene rings is 3. The molecule has 8 heteroatoms. The number of para-hydroxylation sites is 2. The van der Waals surface area contributed by atoms with E-state index in [0.717, 1.165) is 16.6 Å². The first kappa shape index (κ1) is 22.2. The highest BCUT2D eigenvalue weighted by Crippen LogP contribution is 2.17. The largest absolute Gasteiger partial charge is 1.00 e. The van der Waals surface area contributed by atoms with E-state index in [1.807, 2.05) is 60.0 Å². The van der Waals surface area contributed by atoms with Crippen molar-refractivity contribution in [1.82, 2.24) is 9.13 Å². The summed E-state index contributed by atoms with van der Waals surface area (Å²) in [5.74, 6) is -0.207. The molecule has 7 nitrogen and oxygen atoms in total. The summed E-state index contributed by atoms with van der Waals surface area (Å²) < 4.78 is 3.55. The van der Waals surface area contributed by atoms with Crippen molar-refractivity contribution in [3.8, 4) is 0 Å². The summed E-state index contributed by atoms with van der Waals surface area (Å²) in [5.41, 5.74) is 4.46. The molecule has 0 saturated carbocycles. The molecule has 1 heterocycles. The van der Waals surface area contributed by atoms with Gasteiger partial charge < -0.3 is 26.1 Å². The molecule has 0 atom stereocenters. The molecule has 0 amide bonds. The van der Waals surface area contributed by atoms with Crippen LogP contribution in [0.3, 0.4) is 0 Å². The van der Waals surface area contributed by atoms with E-state index in [1.54, 1.807) is 4.57 Å². The summed E-state index contributed by atoms with van der Waals surface area (Å²) in [4.78, 5) is 23.1. The number of carbonyl (C=O) groups excluding carboxylic acids is 1. The number of nitrogens with zero attached hydrogens (tertiary/aromatic N) is 3. The number of non-ortho nitro benzene ring substituents is 1. The number of aryl methyl sites for hydroxylation is 1. The van der Waals surface area contributed by atoms with Crippen LogP contribution in [-0.2, 0) is 13.1 Å². The van der Waals surface area contributed by atoms with Crippen molar-refractivity contribution >= 4 is 22.5 Å². The number of hydrogen-bond donors (Lipinski definition) is 1. The van der Waals surface area contributed by atoms with E-state index in [1.165, 1.54) is 29.8 Å². The number of carbonyl (C=O) groups is 1. The van der Waals surface area contributed by atoms with Crippen LogP contribution in [0.5, 0.6) is 0 Å². The van der Waals surface area contributed by atoms with E-state index in [-0.39, 0.29) is 40.6 Å². The van der Waals surface area contributed by atoms with Crippen molar-refractivity contribution in [2.75, 3.05) is 0 Å². The van der Waals surface area contributed by atoms with Crippen molar-refractivity contribution in [2.45, 2.75) is 20.0 Å². The van der Waals surface area contributed by atoms with Gasteiger partial charge in [0.15, 0.2) is 5.78 Å².